The lowest BCUT2D eigenvalue weighted by Gasteiger charge is -2.18. The summed E-state index contributed by atoms with van der Waals surface area (Å²) in [6.45, 7) is 2.17. The third-order valence-electron chi connectivity index (χ3n) is 3.08. The highest BCUT2D eigenvalue weighted by Gasteiger charge is 2.12. The molecule has 100 valence electrons. The molecule has 0 heterocycles. The first-order valence-electron chi connectivity index (χ1n) is 6.44. The Bertz CT molecular complexity index is 538. The molecule has 19 heavy (non-hydrogen) atoms. The van der Waals surface area contributed by atoms with E-state index in [0.29, 0.717) is 6.04 Å². The molecule has 0 saturated carbocycles. The summed E-state index contributed by atoms with van der Waals surface area (Å²) in [4.78, 5) is 0. The van der Waals surface area contributed by atoms with Crippen molar-refractivity contribution in [1.29, 1.82) is 0 Å². The van der Waals surface area contributed by atoms with Crippen LogP contribution < -0.4 is 10.1 Å². The molecule has 1 unspecified atom stereocenters. The highest BCUT2D eigenvalue weighted by Crippen LogP contribution is 2.31. The van der Waals surface area contributed by atoms with Crippen molar-refractivity contribution in [3.63, 3.8) is 0 Å². The maximum atomic E-state index is 6.03. The first-order valence-corrected chi connectivity index (χ1v) is 7.52. The summed E-state index contributed by atoms with van der Waals surface area (Å²) >= 11 is 2.29. The SMILES string of the molecule is CCC(NC)c1ccccc1Oc1cccc(I)c1. The maximum absolute atomic E-state index is 6.03. The monoisotopic (exact) mass is 367 g/mol. The van der Waals surface area contributed by atoms with Gasteiger partial charge in [0.1, 0.15) is 11.5 Å². The van der Waals surface area contributed by atoms with Gasteiger partial charge in [-0.15, -0.1) is 0 Å². The Kier molecular flexibility index (Phi) is 5.22. The van der Waals surface area contributed by atoms with Crippen LogP contribution in [0.15, 0.2) is 48.5 Å². The number of nitrogens with one attached hydrogen (secondary N) is 1. The molecule has 0 amide bonds. The van der Waals surface area contributed by atoms with Crippen LogP contribution in [0, 0.1) is 3.57 Å². The highest BCUT2D eigenvalue weighted by molar-refractivity contribution is 14.1. The second kappa shape index (κ2) is 6.91. The Labute approximate surface area is 128 Å². The van der Waals surface area contributed by atoms with Crippen LogP contribution in [-0.2, 0) is 0 Å². The van der Waals surface area contributed by atoms with Gasteiger partial charge in [-0.2, -0.15) is 0 Å². The van der Waals surface area contributed by atoms with Gasteiger partial charge in [-0.3, -0.25) is 0 Å². The van der Waals surface area contributed by atoms with Crippen LogP contribution in [0.2, 0.25) is 0 Å². The Morgan fingerprint density at radius 3 is 2.63 bits per heavy atom. The van der Waals surface area contributed by atoms with Crippen molar-refractivity contribution in [3.8, 4) is 11.5 Å². The fourth-order valence-electron chi connectivity index (χ4n) is 2.10. The number of para-hydroxylation sites is 1. The molecule has 2 rings (SSSR count). The van der Waals surface area contributed by atoms with Crippen LogP contribution in [0.25, 0.3) is 0 Å². The fourth-order valence-corrected chi connectivity index (χ4v) is 2.61. The average molecular weight is 367 g/mol. The molecule has 2 nitrogen and oxygen atoms in total. The van der Waals surface area contributed by atoms with Crippen molar-refractivity contribution in [2.45, 2.75) is 19.4 Å². The zero-order valence-corrected chi connectivity index (χ0v) is 13.3. The number of rotatable bonds is 5. The molecule has 0 aliphatic carbocycles. The van der Waals surface area contributed by atoms with E-state index in [1.165, 1.54) is 9.13 Å². The van der Waals surface area contributed by atoms with Crippen molar-refractivity contribution in [2.75, 3.05) is 7.05 Å². The third kappa shape index (κ3) is 3.70. The molecule has 2 aromatic rings. The number of benzene rings is 2. The van der Waals surface area contributed by atoms with Gasteiger partial charge in [-0.1, -0.05) is 31.2 Å². The molecule has 3 heteroatoms. The lowest BCUT2D eigenvalue weighted by Crippen LogP contribution is -2.15. The molecule has 0 bridgehead atoms. The van der Waals surface area contributed by atoms with Gasteiger partial charge in [0.05, 0.1) is 0 Å². The van der Waals surface area contributed by atoms with Crippen molar-refractivity contribution >= 4 is 22.6 Å². The fraction of sp³-hybridized carbons (Fsp3) is 0.250. The summed E-state index contributed by atoms with van der Waals surface area (Å²) in [5.41, 5.74) is 1.20. The van der Waals surface area contributed by atoms with Gasteiger partial charge in [-0.05, 0) is 60.3 Å². The molecule has 0 aliphatic heterocycles. The largest absolute Gasteiger partial charge is 0.457 e. The van der Waals surface area contributed by atoms with Crippen molar-refractivity contribution in [3.05, 3.63) is 57.7 Å². The first-order chi connectivity index (χ1) is 9.24. The van der Waals surface area contributed by atoms with E-state index in [1.54, 1.807) is 0 Å². The van der Waals surface area contributed by atoms with Crippen molar-refractivity contribution in [2.24, 2.45) is 0 Å². The minimum Gasteiger partial charge on any atom is -0.457 e. The van der Waals surface area contributed by atoms with E-state index in [2.05, 4.69) is 53.0 Å². The van der Waals surface area contributed by atoms with E-state index in [-0.39, 0.29) is 0 Å². The van der Waals surface area contributed by atoms with Crippen molar-refractivity contribution in [1.82, 2.24) is 5.32 Å². The average Bonchev–Trinajstić information content (AvgIpc) is 2.42. The number of hydrogen-bond acceptors (Lipinski definition) is 2. The van der Waals surface area contributed by atoms with E-state index in [4.69, 9.17) is 4.74 Å². The van der Waals surface area contributed by atoms with E-state index < -0.39 is 0 Å². The molecule has 0 spiro atoms. The van der Waals surface area contributed by atoms with Crippen molar-refractivity contribution < 1.29 is 4.74 Å². The quantitative estimate of drug-likeness (QED) is 0.770. The summed E-state index contributed by atoms with van der Waals surface area (Å²) in [6, 6.07) is 16.6. The second-order valence-electron chi connectivity index (χ2n) is 4.35. The van der Waals surface area contributed by atoms with Crippen LogP contribution in [0.1, 0.15) is 24.9 Å². The van der Waals surface area contributed by atoms with E-state index >= 15 is 0 Å². The van der Waals surface area contributed by atoms with Gasteiger partial charge in [0, 0.05) is 15.2 Å². The van der Waals surface area contributed by atoms with E-state index in [0.717, 1.165) is 17.9 Å². The standard InChI is InChI=1S/C16H18INO/c1-3-15(18-2)14-9-4-5-10-16(14)19-13-8-6-7-12(17)11-13/h4-11,15,18H,3H2,1-2H3. The molecular formula is C16H18INO. The molecule has 0 saturated heterocycles. The van der Waals surface area contributed by atoms with Crippen LogP contribution in [-0.4, -0.2) is 7.05 Å². The smallest absolute Gasteiger partial charge is 0.132 e. The van der Waals surface area contributed by atoms with E-state index in [9.17, 15) is 0 Å². The van der Waals surface area contributed by atoms with Crippen LogP contribution >= 0.6 is 22.6 Å². The Morgan fingerprint density at radius 2 is 1.95 bits per heavy atom. The Hall–Kier alpha value is -1.07. The number of hydrogen-bond donors (Lipinski definition) is 1. The van der Waals surface area contributed by atoms with Gasteiger partial charge in [0.2, 0.25) is 0 Å². The normalized spacial score (nSPS) is 12.2. The highest BCUT2D eigenvalue weighted by atomic mass is 127. The van der Waals surface area contributed by atoms with Gasteiger partial charge < -0.3 is 10.1 Å². The predicted octanol–water partition coefficient (Wildman–Crippen LogP) is 4.75. The van der Waals surface area contributed by atoms with Gasteiger partial charge in [0.15, 0.2) is 0 Å². The molecule has 1 atom stereocenters. The Balaban J connectivity index is 2.30. The summed E-state index contributed by atoms with van der Waals surface area (Å²) in [5, 5.41) is 3.32. The lowest BCUT2D eigenvalue weighted by molar-refractivity contribution is 0.458. The predicted molar refractivity (Wildman–Crippen MR) is 87.8 cm³/mol. The summed E-state index contributed by atoms with van der Waals surface area (Å²) < 4.78 is 7.20. The van der Waals surface area contributed by atoms with Crippen LogP contribution in [0.5, 0.6) is 11.5 Å². The molecule has 0 fully saturated rings. The molecule has 0 aromatic heterocycles. The molecule has 2 aromatic carbocycles. The number of ether oxygens (including phenoxy) is 1. The lowest BCUT2D eigenvalue weighted by atomic mass is 10.0. The number of halogens is 1. The molecular weight excluding hydrogens is 349 g/mol. The van der Waals surface area contributed by atoms with Crippen LogP contribution in [0.3, 0.4) is 0 Å². The molecule has 0 aliphatic rings. The van der Waals surface area contributed by atoms with Crippen LogP contribution in [0.4, 0.5) is 0 Å². The molecule has 1 N–H and O–H groups in total. The third-order valence-corrected chi connectivity index (χ3v) is 3.75. The van der Waals surface area contributed by atoms with Gasteiger partial charge >= 0.3 is 0 Å². The minimum atomic E-state index is 0.319. The maximum Gasteiger partial charge on any atom is 0.132 e. The van der Waals surface area contributed by atoms with Gasteiger partial charge in [-0.25, -0.2) is 0 Å². The minimum absolute atomic E-state index is 0.319. The topological polar surface area (TPSA) is 21.3 Å². The zero-order valence-electron chi connectivity index (χ0n) is 11.2. The van der Waals surface area contributed by atoms with Gasteiger partial charge in [0.25, 0.3) is 0 Å². The Morgan fingerprint density at radius 1 is 1.16 bits per heavy atom. The second-order valence-corrected chi connectivity index (χ2v) is 5.59. The zero-order chi connectivity index (χ0) is 13.7. The summed E-state index contributed by atoms with van der Waals surface area (Å²) in [6.07, 6.45) is 1.03. The first kappa shape index (κ1) is 14.3. The van der Waals surface area contributed by atoms with E-state index in [1.807, 2.05) is 37.4 Å². The molecule has 0 radical (unpaired) electrons. The summed E-state index contributed by atoms with van der Waals surface area (Å²) in [5.74, 6) is 1.80. The summed E-state index contributed by atoms with van der Waals surface area (Å²) in [7, 11) is 1.98.